The van der Waals surface area contributed by atoms with E-state index in [0.717, 1.165) is 22.5 Å². The lowest BCUT2D eigenvalue weighted by Gasteiger charge is -2.32. The highest BCUT2D eigenvalue weighted by Crippen LogP contribution is 2.37. The lowest BCUT2D eigenvalue weighted by Crippen LogP contribution is -2.41. The molecule has 1 fully saturated rings. The highest BCUT2D eigenvalue weighted by atomic mass is 32.1. The van der Waals surface area contributed by atoms with E-state index in [4.69, 9.17) is 14.0 Å². The number of thiophene rings is 1. The van der Waals surface area contributed by atoms with E-state index >= 15 is 0 Å². The molecule has 6 heteroatoms. The van der Waals surface area contributed by atoms with E-state index in [0.29, 0.717) is 6.42 Å². The number of aryl methyl sites for hydroxylation is 1. The molecule has 0 N–H and O–H groups in total. The zero-order chi connectivity index (χ0) is 16.5. The minimum Gasteiger partial charge on any atom is -0.469 e. The molecule has 0 spiro atoms. The van der Waals surface area contributed by atoms with Crippen molar-refractivity contribution >= 4 is 29.2 Å². The van der Waals surface area contributed by atoms with Crippen molar-refractivity contribution < 1.29 is 18.8 Å². The molecular formula is C16H25BO4S. The summed E-state index contributed by atoms with van der Waals surface area (Å²) in [5.74, 6) is -0.209. The van der Waals surface area contributed by atoms with Crippen LogP contribution >= 0.6 is 11.3 Å². The predicted octanol–water partition coefficient (Wildman–Crippen LogP) is 2.72. The third kappa shape index (κ3) is 3.39. The van der Waals surface area contributed by atoms with Gasteiger partial charge in [-0.1, -0.05) is 13.3 Å². The van der Waals surface area contributed by atoms with Crippen molar-refractivity contribution in [1.29, 1.82) is 0 Å². The van der Waals surface area contributed by atoms with E-state index in [9.17, 15) is 4.79 Å². The molecule has 122 valence electrons. The van der Waals surface area contributed by atoms with Gasteiger partial charge in [-0.25, -0.2) is 0 Å². The molecule has 1 aliphatic rings. The van der Waals surface area contributed by atoms with Crippen molar-refractivity contribution in [2.24, 2.45) is 0 Å². The van der Waals surface area contributed by atoms with Crippen LogP contribution in [0.15, 0.2) is 6.07 Å². The second kappa shape index (κ2) is 6.34. The molecule has 0 aliphatic carbocycles. The normalized spacial score (nSPS) is 19.5. The molecule has 1 aromatic rings. The van der Waals surface area contributed by atoms with E-state index in [1.165, 1.54) is 12.7 Å². The van der Waals surface area contributed by atoms with Crippen molar-refractivity contribution in [3.05, 3.63) is 16.5 Å². The zero-order valence-corrected chi connectivity index (χ0v) is 15.1. The Labute approximate surface area is 137 Å². The number of carbonyl (C=O) groups is 1. The smallest absolute Gasteiger partial charge is 0.469 e. The maximum Gasteiger partial charge on any atom is 0.505 e. The van der Waals surface area contributed by atoms with Crippen LogP contribution in [0.25, 0.3) is 0 Å². The number of methoxy groups -OCH3 is 1. The Hall–Kier alpha value is -0.845. The first-order valence-electron chi connectivity index (χ1n) is 7.74. The van der Waals surface area contributed by atoms with Crippen molar-refractivity contribution in [2.75, 3.05) is 7.11 Å². The molecular weight excluding hydrogens is 299 g/mol. The number of carbonyl (C=O) groups excluding carboxylic acids is 1. The van der Waals surface area contributed by atoms with Gasteiger partial charge in [0.2, 0.25) is 0 Å². The van der Waals surface area contributed by atoms with Crippen molar-refractivity contribution in [1.82, 2.24) is 0 Å². The molecule has 0 saturated carbocycles. The molecule has 0 atom stereocenters. The Morgan fingerprint density at radius 3 is 2.36 bits per heavy atom. The quantitative estimate of drug-likeness (QED) is 0.617. The SMILES string of the molecule is CCCc1cc(B2OC(C)(C)C(C)(C)O2)sc1CC(=O)OC. The van der Waals surface area contributed by atoms with Gasteiger partial charge in [0.1, 0.15) is 0 Å². The summed E-state index contributed by atoms with van der Waals surface area (Å²) in [7, 11) is 1.06. The van der Waals surface area contributed by atoms with E-state index in [2.05, 4.69) is 13.0 Å². The Bertz CT molecular complexity index is 534. The van der Waals surface area contributed by atoms with E-state index in [-0.39, 0.29) is 24.3 Å². The summed E-state index contributed by atoms with van der Waals surface area (Å²) in [5.41, 5.74) is 0.493. The largest absolute Gasteiger partial charge is 0.505 e. The highest BCUT2D eigenvalue weighted by molar-refractivity contribution is 7.22. The minimum absolute atomic E-state index is 0.209. The van der Waals surface area contributed by atoms with Crippen LogP contribution in [-0.2, 0) is 31.7 Å². The zero-order valence-electron chi connectivity index (χ0n) is 14.3. The second-order valence-corrected chi connectivity index (χ2v) is 7.86. The summed E-state index contributed by atoms with van der Waals surface area (Å²) >= 11 is 1.59. The fourth-order valence-corrected chi connectivity index (χ4v) is 3.56. The van der Waals surface area contributed by atoms with Gasteiger partial charge in [0.25, 0.3) is 0 Å². The average Bonchev–Trinajstić information content (AvgIpc) is 2.89. The van der Waals surface area contributed by atoms with Gasteiger partial charge in [0, 0.05) is 9.65 Å². The summed E-state index contributed by atoms with van der Waals surface area (Å²) in [6.07, 6.45) is 2.30. The summed E-state index contributed by atoms with van der Waals surface area (Å²) in [6, 6.07) is 2.12. The maximum atomic E-state index is 11.6. The van der Waals surface area contributed by atoms with Crippen LogP contribution in [0, 0.1) is 0 Å². The molecule has 0 amide bonds. The molecule has 0 radical (unpaired) electrons. The number of hydrogen-bond acceptors (Lipinski definition) is 5. The van der Waals surface area contributed by atoms with Gasteiger partial charge in [-0.2, -0.15) is 0 Å². The van der Waals surface area contributed by atoms with Crippen molar-refractivity contribution in [2.45, 2.75) is 65.1 Å². The number of esters is 1. The molecule has 2 heterocycles. The molecule has 1 saturated heterocycles. The lowest BCUT2D eigenvalue weighted by molar-refractivity contribution is -0.139. The highest BCUT2D eigenvalue weighted by Gasteiger charge is 2.52. The summed E-state index contributed by atoms with van der Waals surface area (Å²) in [4.78, 5) is 12.7. The third-order valence-electron chi connectivity index (χ3n) is 4.45. The van der Waals surface area contributed by atoms with Crippen LogP contribution in [0.3, 0.4) is 0 Å². The fourth-order valence-electron chi connectivity index (χ4n) is 2.40. The van der Waals surface area contributed by atoms with Gasteiger partial charge in [0.05, 0.1) is 24.7 Å². The van der Waals surface area contributed by atoms with E-state index in [1.54, 1.807) is 11.3 Å². The van der Waals surface area contributed by atoms with Gasteiger partial charge >= 0.3 is 13.1 Å². The molecule has 2 rings (SSSR count). The first-order valence-corrected chi connectivity index (χ1v) is 8.55. The average molecular weight is 324 g/mol. The van der Waals surface area contributed by atoms with Gasteiger partial charge < -0.3 is 14.0 Å². The topological polar surface area (TPSA) is 44.8 Å². The third-order valence-corrected chi connectivity index (χ3v) is 5.65. The van der Waals surface area contributed by atoms with Crippen LogP contribution in [0.2, 0.25) is 0 Å². The van der Waals surface area contributed by atoms with Crippen molar-refractivity contribution in [3.63, 3.8) is 0 Å². The van der Waals surface area contributed by atoms with E-state index < -0.39 is 0 Å². The number of ether oxygens (including phenoxy) is 1. The summed E-state index contributed by atoms with van der Waals surface area (Å²) < 4.78 is 18.0. The fraction of sp³-hybridized carbons (Fsp3) is 0.688. The summed E-state index contributed by atoms with van der Waals surface area (Å²) in [6.45, 7) is 10.3. The lowest BCUT2D eigenvalue weighted by atomic mass is 9.87. The number of hydrogen-bond donors (Lipinski definition) is 0. The molecule has 0 bridgehead atoms. The van der Waals surface area contributed by atoms with Crippen molar-refractivity contribution in [3.8, 4) is 0 Å². The van der Waals surface area contributed by atoms with Crippen LogP contribution in [-0.4, -0.2) is 31.4 Å². The summed E-state index contributed by atoms with van der Waals surface area (Å²) in [5, 5.41) is 0. The molecule has 1 aromatic heterocycles. The van der Waals surface area contributed by atoms with E-state index in [1.807, 2.05) is 27.7 Å². The molecule has 0 unspecified atom stereocenters. The van der Waals surface area contributed by atoms with Crippen LogP contribution in [0.1, 0.15) is 51.5 Å². The van der Waals surface area contributed by atoms with Gasteiger partial charge in [-0.05, 0) is 45.7 Å². The van der Waals surface area contributed by atoms with Gasteiger partial charge in [-0.3, -0.25) is 4.79 Å². The standard InChI is InChI=1S/C16H25BO4S/c1-7-8-11-9-13(22-12(11)10-14(18)19-6)17-20-15(2,3)16(4,5)21-17/h9H,7-8,10H2,1-6H3. The Morgan fingerprint density at radius 2 is 1.86 bits per heavy atom. The Morgan fingerprint density at radius 1 is 1.27 bits per heavy atom. The molecule has 0 aromatic carbocycles. The minimum atomic E-state index is -0.364. The number of rotatable bonds is 5. The molecule has 22 heavy (non-hydrogen) atoms. The molecule has 1 aliphatic heterocycles. The second-order valence-electron chi connectivity index (χ2n) is 6.69. The monoisotopic (exact) mass is 324 g/mol. The molecule has 4 nitrogen and oxygen atoms in total. The Kier molecular flexibility index (Phi) is 5.04. The Balaban J connectivity index is 2.25. The first kappa shape index (κ1) is 17.5. The van der Waals surface area contributed by atoms with Gasteiger partial charge in [0.15, 0.2) is 0 Å². The van der Waals surface area contributed by atoms with Gasteiger partial charge in [-0.15, -0.1) is 11.3 Å². The van der Waals surface area contributed by atoms with Crippen LogP contribution < -0.4 is 4.78 Å². The first-order chi connectivity index (χ1) is 10.2. The predicted molar refractivity (Wildman–Crippen MR) is 89.8 cm³/mol. The van der Waals surface area contributed by atoms with Crippen LogP contribution in [0.5, 0.6) is 0 Å². The maximum absolute atomic E-state index is 11.6. The van der Waals surface area contributed by atoms with Crippen LogP contribution in [0.4, 0.5) is 0 Å².